The lowest BCUT2D eigenvalue weighted by molar-refractivity contribution is 0.103. The van der Waals surface area contributed by atoms with E-state index in [1.54, 1.807) is 30.3 Å². The summed E-state index contributed by atoms with van der Waals surface area (Å²) >= 11 is 12.1. The summed E-state index contributed by atoms with van der Waals surface area (Å²) in [5.74, 6) is 0.0792. The second-order valence-corrected chi connectivity index (χ2v) is 8.37. The highest BCUT2D eigenvalue weighted by Gasteiger charge is 2.22. The van der Waals surface area contributed by atoms with Gasteiger partial charge in [0, 0.05) is 11.2 Å². The fraction of sp³-hybridized carbons (Fsp3) is 0.143. The van der Waals surface area contributed by atoms with Crippen molar-refractivity contribution < 1.29 is 13.7 Å². The van der Waals surface area contributed by atoms with Crippen LogP contribution in [-0.2, 0) is 11.0 Å². The summed E-state index contributed by atoms with van der Waals surface area (Å²) in [6.07, 6.45) is 1.38. The number of methoxy groups -OCH3 is 1. The van der Waals surface area contributed by atoms with E-state index >= 15 is 0 Å². The molecule has 1 N–H and O–H groups in total. The van der Waals surface area contributed by atoms with E-state index in [9.17, 15) is 9.00 Å². The maximum Gasteiger partial charge on any atom is 0.217 e. The number of rotatable bonds is 6. The number of carbonyl (C=O) groups is 1. The summed E-state index contributed by atoms with van der Waals surface area (Å²) in [5, 5.41) is 0.891. The van der Waals surface area contributed by atoms with Gasteiger partial charge in [-0.2, -0.15) is 0 Å². The lowest BCUT2D eigenvalue weighted by Crippen LogP contribution is -2.14. The molecule has 5 nitrogen and oxygen atoms in total. The molecule has 1 unspecified atom stereocenters. The van der Waals surface area contributed by atoms with Crippen LogP contribution in [-0.4, -0.2) is 22.1 Å². The quantitative estimate of drug-likeness (QED) is 0.513. The van der Waals surface area contributed by atoms with Gasteiger partial charge in [0.2, 0.25) is 5.78 Å². The fourth-order valence-electron chi connectivity index (χ4n) is 2.81. The highest BCUT2D eigenvalue weighted by Crippen LogP contribution is 2.29. The summed E-state index contributed by atoms with van der Waals surface area (Å²) in [6.45, 7) is 3.64. The van der Waals surface area contributed by atoms with E-state index in [0.29, 0.717) is 26.3 Å². The molecule has 0 saturated carbocycles. The first-order valence-corrected chi connectivity index (χ1v) is 10.5. The Bertz CT molecular complexity index is 1120. The number of hydrogen-bond acceptors (Lipinski definition) is 4. The number of benzene rings is 2. The fourth-order valence-corrected chi connectivity index (χ4v) is 4.03. The predicted molar refractivity (Wildman–Crippen MR) is 117 cm³/mol. The molecule has 29 heavy (non-hydrogen) atoms. The number of aryl methyl sites for hydroxylation is 2. The van der Waals surface area contributed by atoms with Crippen LogP contribution < -0.4 is 9.46 Å². The van der Waals surface area contributed by atoms with Crippen molar-refractivity contribution in [1.29, 1.82) is 0 Å². The summed E-state index contributed by atoms with van der Waals surface area (Å²) < 4.78 is 21.0. The van der Waals surface area contributed by atoms with Crippen molar-refractivity contribution in [2.24, 2.45) is 0 Å². The molecule has 0 aliphatic carbocycles. The van der Waals surface area contributed by atoms with Crippen molar-refractivity contribution in [3.63, 3.8) is 0 Å². The van der Waals surface area contributed by atoms with E-state index in [-0.39, 0.29) is 17.2 Å². The van der Waals surface area contributed by atoms with Gasteiger partial charge in [0.25, 0.3) is 0 Å². The zero-order chi connectivity index (χ0) is 21.1. The van der Waals surface area contributed by atoms with Crippen molar-refractivity contribution in [3.8, 4) is 5.75 Å². The highest BCUT2D eigenvalue weighted by molar-refractivity contribution is 7.86. The van der Waals surface area contributed by atoms with E-state index < -0.39 is 11.0 Å². The Hall–Kier alpha value is -2.41. The van der Waals surface area contributed by atoms with Gasteiger partial charge >= 0.3 is 0 Å². The number of halogens is 2. The van der Waals surface area contributed by atoms with Crippen molar-refractivity contribution in [2.75, 3.05) is 11.8 Å². The zero-order valence-electron chi connectivity index (χ0n) is 16.0. The van der Waals surface area contributed by atoms with Crippen molar-refractivity contribution in [3.05, 3.63) is 81.1 Å². The smallest absolute Gasteiger partial charge is 0.217 e. The van der Waals surface area contributed by atoms with Crippen LogP contribution in [0.4, 0.5) is 5.69 Å². The third kappa shape index (κ3) is 4.61. The summed E-state index contributed by atoms with van der Waals surface area (Å²) in [6, 6.07) is 11.9. The van der Waals surface area contributed by atoms with Gasteiger partial charge in [-0.05, 0) is 55.3 Å². The summed E-state index contributed by atoms with van der Waals surface area (Å²) in [7, 11) is -0.150. The lowest BCUT2D eigenvalue weighted by atomic mass is 10.0. The Balaban J connectivity index is 2.01. The molecule has 1 aromatic heterocycles. The molecule has 1 atom stereocenters. The molecule has 1 heterocycles. The van der Waals surface area contributed by atoms with Crippen molar-refractivity contribution in [1.82, 2.24) is 4.98 Å². The first-order chi connectivity index (χ1) is 13.8. The second-order valence-electron chi connectivity index (χ2n) is 6.31. The first kappa shape index (κ1) is 21.3. The standard InChI is InChI=1S/C21H18Cl2N2O3S/c1-12-5-4-6-18(28-3)19(12)21(26)20-17(10-14(22)11-24-20)25-29(27)15-7-8-16(23)13(2)9-15/h4-11,25H,1-3H3. The van der Waals surface area contributed by atoms with Crippen LogP contribution in [0.15, 0.2) is 53.6 Å². The van der Waals surface area contributed by atoms with E-state index in [1.165, 1.54) is 19.4 Å². The Labute approximate surface area is 181 Å². The SMILES string of the molecule is COc1cccc(C)c1C(=O)c1ncc(Cl)cc1NS(=O)c1ccc(Cl)c(C)c1. The molecule has 8 heteroatoms. The number of nitrogens with zero attached hydrogens (tertiary/aromatic N) is 1. The Morgan fingerprint density at radius 1 is 1.10 bits per heavy atom. The minimum atomic E-state index is -1.65. The topological polar surface area (TPSA) is 68.3 Å². The largest absolute Gasteiger partial charge is 0.496 e. The van der Waals surface area contributed by atoms with Crippen molar-refractivity contribution in [2.45, 2.75) is 18.7 Å². The molecular weight excluding hydrogens is 431 g/mol. The van der Waals surface area contributed by atoms with Crippen LogP contribution >= 0.6 is 23.2 Å². The van der Waals surface area contributed by atoms with Crippen LogP contribution in [0, 0.1) is 13.8 Å². The number of ether oxygens (including phenoxy) is 1. The van der Waals surface area contributed by atoms with Crippen LogP contribution in [0.25, 0.3) is 0 Å². The Kier molecular flexibility index (Phi) is 6.57. The molecular formula is C21H18Cl2N2O3S. The zero-order valence-corrected chi connectivity index (χ0v) is 18.3. The number of aromatic nitrogens is 1. The Morgan fingerprint density at radius 2 is 1.86 bits per heavy atom. The minimum Gasteiger partial charge on any atom is -0.496 e. The average molecular weight is 449 g/mol. The van der Waals surface area contributed by atoms with Crippen LogP contribution in [0.2, 0.25) is 10.0 Å². The van der Waals surface area contributed by atoms with Crippen LogP contribution in [0.5, 0.6) is 5.75 Å². The van der Waals surface area contributed by atoms with E-state index in [2.05, 4.69) is 9.71 Å². The lowest BCUT2D eigenvalue weighted by Gasteiger charge is -2.14. The van der Waals surface area contributed by atoms with Gasteiger partial charge in [0.1, 0.15) is 22.4 Å². The number of carbonyl (C=O) groups excluding carboxylic acids is 1. The van der Waals surface area contributed by atoms with Gasteiger partial charge in [-0.15, -0.1) is 0 Å². The molecule has 3 aromatic rings. The molecule has 0 fully saturated rings. The van der Waals surface area contributed by atoms with Gasteiger partial charge in [0.15, 0.2) is 0 Å². The molecule has 0 aliphatic heterocycles. The monoisotopic (exact) mass is 448 g/mol. The molecule has 0 spiro atoms. The van der Waals surface area contributed by atoms with E-state index in [1.807, 2.05) is 19.9 Å². The highest BCUT2D eigenvalue weighted by atomic mass is 35.5. The molecule has 3 rings (SSSR count). The number of anilines is 1. The predicted octanol–water partition coefficient (Wildman–Crippen LogP) is 5.38. The van der Waals surface area contributed by atoms with Crippen molar-refractivity contribution >= 4 is 45.7 Å². The number of ketones is 1. The molecule has 0 radical (unpaired) electrons. The van der Waals surface area contributed by atoms with Gasteiger partial charge in [-0.25, -0.2) is 9.19 Å². The first-order valence-electron chi connectivity index (χ1n) is 8.60. The van der Waals surface area contributed by atoms with Gasteiger partial charge in [0.05, 0.1) is 28.3 Å². The summed E-state index contributed by atoms with van der Waals surface area (Å²) in [5.41, 5.74) is 2.29. The number of pyridine rings is 1. The van der Waals surface area contributed by atoms with Gasteiger partial charge in [-0.1, -0.05) is 35.3 Å². The average Bonchev–Trinajstić information content (AvgIpc) is 2.69. The Morgan fingerprint density at radius 3 is 2.55 bits per heavy atom. The molecule has 0 aliphatic rings. The molecule has 2 aromatic carbocycles. The van der Waals surface area contributed by atoms with Crippen LogP contribution in [0.3, 0.4) is 0 Å². The van der Waals surface area contributed by atoms with Crippen LogP contribution in [0.1, 0.15) is 27.2 Å². The van der Waals surface area contributed by atoms with Gasteiger partial charge in [-0.3, -0.25) is 9.52 Å². The third-order valence-corrected chi connectivity index (χ3v) is 6.02. The third-order valence-electron chi connectivity index (χ3n) is 4.30. The maximum absolute atomic E-state index is 13.3. The molecule has 150 valence electrons. The van der Waals surface area contributed by atoms with Gasteiger partial charge < -0.3 is 4.74 Å². The van der Waals surface area contributed by atoms with E-state index in [0.717, 1.165) is 11.1 Å². The molecule has 0 saturated heterocycles. The number of hydrogen-bond donors (Lipinski definition) is 1. The summed E-state index contributed by atoms with van der Waals surface area (Å²) in [4.78, 5) is 18.0. The normalized spacial score (nSPS) is 11.8. The molecule has 0 amide bonds. The minimum absolute atomic E-state index is 0.0982. The maximum atomic E-state index is 13.3. The number of nitrogens with one attached hydrogen (secondary N) is 1. The second kappa shape index (κ2) is 8.95. The molecule has 0 bridgehead atoms. The van der Waals surface area contributed by atoms with E-state index in [4.69, 9.17) is 27.9 Å².